The van der Waals surface area contributed by atoms with Crippen molar-refractivity contribution in [2.24, 2.45) is 0 Å². The van der Waals surface area contributed by atoms with Crippen LogP contribution >= 0.6 is 11.8 Å². The fourth-order valence-electron chi connectivity index (χ4n) is 2.15. The maximum atomic E-state index is 13.1. The first-order chi connectivity index (χ1) is 11.8. The minimum Gasteiger partial charge on any atom is -0.352 e. The van der Waals surface area contributed by atoms with Crippen LogP contribution in [0.15, 0.2) is 41.6 Å². The molecule has 0 aliphatic heterocycles. The van der Waals surface area contributed by atoms with E-state index >= 15 is 0 Å². The summed E-state index contributed by atoms with van der Waals surface area (Å²) < 4.78 is 26.3. The molecule has 25 heavy (non-hydrogen) atoms. The molecule has 2 rings (SSSR count). The summed E-state index contributed by atoms with van der Waals surface area (Å²) in [5, 5.41) is 2.71. The van der Waals surface area contributed by atoms with Crippen molar-refractivity contribution < 1.29 is 18.4 Å². The Hall–Kier alpha value is -2.28. The van der Waals surface area contributed by atoms with Crippen LogP contribution in [0.1, 0.15) is 24.5 Å². The van der Waals surface area contributed by atoms with Gasteiger partial charge in [0.25, 0.3) is 0 Å². The molecule has 132 valence electrons. The van der Waals surface area contributed by atoms with Crippen LogP contribution in [0.3, 0.4) is 0 Å². The zero-order valence-electron chi connectivity index (χ0n) is 13.9. The third kappa shape index (κ3) is 5.94. The van der Waals surface area contributed by atoms with Crippen LogP contribution in [0, 0.1) is 18.6 Å². The van der Waals surface area contributed by atoms with Gasteiger partial charge in [0.15, 0.2) is 0 Å². The van der Waals surface area contributed by atoms with E-state index in [4.69, 9.17) is 0 Å². The number of carbonyl (C=O) groups excluding carboxylic acids is 2. The van der Waals surface area contributed by atoms with E-state index in [9.17, 15) is 18.4 Å². The third-order valence-corrected chi connectivity index (χ3v) is 4.89. The Morgan fingerprint density at radius 2 is 1.92 bits per heavy atom. The number of benzene rings is 1. The maximum absolute atomic E-state index is 13.1. The second-order valence-corrected chi connectivity index (χ2v) is 6.79. The lowest BCUT2D eigenvalue weighted by Crippen LogP contribution is -2.28. The molecule has 1 N–H and O–H groups in total. The zero-order valence-corrected chi connectivity index (χ0v) is 14.7. The van der Waals surface area contributed by atoms with Gasteiger partial charge in [0.05, 0.1) is 10.3 Å². The third-order valence-electron chi connectivity index (χ3n) is 3.45. The lowest BCUT2D eigenvalue weighted by molar-refractivity contribution is -0.124. The van der Waals surface area contributed by atoms with Crippen LogP contribution in [-0.4, -0.2) is 21.9 Å². The van der Waals surface area contributed by atoms with Gasteiger partial charge < -0.3 is 5.32 Å². The van der Waals surface area contributed by atoms with Crippen LogP contribution in [0.5, 0.6) is 0 Å². The molecule has 0 aliphatic rings. The number of pyridine rings is 1. The standard InChI is InChI=1S/C18H18F2N2O2S/c1-11-4-3-5-21-18(11)25-16(12(2)23)9-17(24)22-10-13-6-14(19)8-15(20)7-13/h3-8,16H,9-10H2,1-2H3,(H,22,24). The lowest BCUT2D eigenvalue weighted by Gasteiger charge is -2.14. The number of thioether (sulfide) groups is 1. The molecular weight excluding hydrogens is 346 g/mol. The van der Waals surface area contributed by atoms with Gasteiger partial charge in [0.2, 0.25) is 5.91 Å². The Kier molecular flexibility index (Phi) is 6.64. The SMILES string of the molecule is CC(=O)C(CC(=O)NCc1cc(F)cc(F)c1)Sc1ncccc1C. The van der Waals surface area contributed by atoms with Gasteiger partial charge in [-0.2, -0.15) is 0 Å². The van der Waals surface area contributed by atoms with Crippen LogP contribution in [0.4, 0.5) is 8.78 Å². The van der Waals surface area contributed by atoms with Crippen molar-refractivity contribution in [3.8, 4) is 0 Å². The quantitative estimate of drug-likeness (QED) is 0.765. The minimum atomic E-state index is -0.702. The van der Waals surface area contributed by atoms with Gasteiger partial charge >= 0.3 is 0 Å². The zero-order chi connectivity index (χ0) is 18.4. The smallest absolute Gasteiger partial charge is 0.221 e. The average molecular weight is 364 g/mol. The van der Waals surface area contributed by atoms with Crippen molar-refractivity contribution >= 4 is 23.5 Å². The molecule has 0 saturated carbocycles. The lowest BCUT2D eigenvalue weighted by atomic mass is 10.2. The monoisotopic (exact) mass is 364 g/mol. The van der Waals surface area contributed by atoms with E-state index in [0.717, 1.165) is 23.8 Å². The highest BCUT2D eigenvalue weighted by atomic mass is 32.2. The number of nitrogens with zero attached hydrogens (tertiary/aromatic N) is 1. The summed E-state index contributed by atoms with van der Waals surface area (Å²) in [6.07, 6.45) is 1.60. The van der Waals surface area contributed by atoms with E-state index in [1.54, 1.807) is 12.3 Å². The highest BCUT2D eigenvalue weighted by molar-refractivity contribution is 8.00. The Morgan fingerprint density at radius 1 is 1.24 bits per heavy atom. The summed E-state index contributed by atoms with van der Waals surface area (Å²) in [5.41, 5.74) is 1.24. The number of amides is 1. The van der Waals surface area contributed by atoms with Crippen LogP contribution in [0.25, 0.3) is 0 Å². The number of nitrogens with one attached hydrogen (secondary N) is 1. The molecule has 0 spiro atoms. The maximum Gasteiger partial charge on any atom is 0.221 e. The molecule has 0 saturated heterocycles. The second-order valence-electron chi connectivity index (χ2n) is 5.60. The topological polar surface area (TPSA) is 59.1 Å². The molecule has 1 aromatic heterocycles. The molecule has 1 unspecified atom stereocenters. The van der Waals surface area contributed by atoms with E-state index in [1.807, 2.05) is 13.0 Å². The van der Waals surface area contributed by atoms with E-state index < -0.39 is 16.9 Å². The van der Waals surface area contributed by atoms with Crippen molar-refractivity contribution in [1.82, 2.24) is 10.3 Å². The van der Waals surface area contributed by atoms with Gasteiger partial charge in [-0.25, -0.2) is 13.8 Å². The molecule has 4 nitrogen and oxygen atoms in total. The first kappa shape index (κ1) is 19.1. The van der Waals surface area contributed by atoms with Crippen molar-refractivity contribution in [2.45, 2.75) is 37.1 Å². The number of halogens is 2. The first-order valence-corrected chi connectivity index (χ1v) is 8.53. The number of hydrogen-bond acceptors (Lipinski definition) is 4. The molecule has 1 aromatic carbocycles. The van der Waals surface area contributed by atoms with Gasteiger partial charge in [0.1, 0.15) is 17.4 Å². The Bertz CT molecular complexity index is 763. The van der Waals surface area contributed by atoms with Crippen molar-refractivity contribution in [1.29, 1.82) is 0 Å². The summed E-state index contributed by atoms with van der Waals surface area (Å²) in [5.74, 6) is -1.91. The number of hydrogen-bond donors (Lipinski definition) is 1. The molecule has 0 bridgehead atoms. The number of aromatic nitrogens is 1. The summed E-state index contributed by atoms with van der Waals surface area (Å²) in [7, 11) is 0. The molecule has 2 aromatic rings. The Labute approximate surface area is 149 Å². The predicted molar refractivity (Wildman–Crippen MR) is 92.1 cm³/mol. The van der Waals surface area contributed by atoms with Crippen LogP contribution in [0.2, 0.25) is 0 Å². The number of aryl methyl sites for hydroxylation is 1. The summed E-state index contributed by atoms with van der Waals surface area (Å²) in [6, 6.07) is 6.75. The summed E-state index contributed by atoms with van der Waals surface area (Å²) >= 11 is 1.24. The molecule has 0 fully saturated rings. The first-order valence-electron chi connectivity index (χ1n) is 7.65. The molecule has 0 aliphatic carbocycles. The fraction of sp³-hybridized carbons (Fsp3) is 0.278. The van der Waals surface area contributed by atoms with Gasteiger partial charge in [-0.1, -0.05) is 17.8 Å². The highest BCUT2D eigenvalue weighted by Crippen LogP contribution is 2.26. The van der Waals surface area contributed by atoms with Gasteiger partial charge in [0, 0.05) is 25.2 Å². The molecule has 0 radical (unpaired) electrons. The van der Waals surface area contributed by atoms with E-state index in [-0.39, 0.29) is 24.7 Å². The van der Waals surface area contributed by atoms with Crippen molar-refractivity contribution in [2.75, 3.05) is 0 Å². The molecule has 1 atom stereocenters. The normalized spacial score (nSPS) is 11.8. The second kappa shape index (κ2) is 8.71. The average Bonchev–Trinajstić information content (AvgIpc) is 2.53. The van der Waals surface area contributed by atoms with E-state index in [2.05, 4.69) is 10.3 Å². The number of rotatable bonds is 7. The summed E-state index contributed by atoms with van der Waals surface area (Å²) in [4.78, 5) is 28.1. The van der Waals surface area contributed by atoms with Gasteiger partial charge in [-0.3, -0.25) is 9.59 Å². The largest absolute Gasteiger partial charge is 0.352 e. The van der Waals surface area contributed by atoms with Crippen LogP contribution in [-0.2, 0) is 16.1 Å². The van der Waals surface area contributed by atoms with E-state index in [1.165, 1.54) is 18.7 Å². The molecule has 7 heteroatoms. The van der Waals surface area contributed by atoms with E-state index in [0.29, 0.717) is 10.6 Å². The minimum absolute atomic E-state index is 0.00851. The fourth-order valence-corrected chi connectivity index (χ4v) is 3.20. The van der Waals surface area contributed by atoms with Crippen molar-refractivity contribution in [3.63, 3.8) is 0 Å². The predicted octanol–water partition coefficient (Wildman–Crippen LogP) is 3.42. The van der Waals surface area contributed by atoms with Crippen LogP contribution < -0.4 is 5.32 Å². The molecular formula is C18H18F2N2O2S. The number of carbonyl (C=O) groups is 2. The Morgan fingerprint density at radius 3 is 2.52 bits per heavy atom. The van der Waals surface area contributed by atoms with Gasteiger partial charge in [-0.15, -0.1) is 0 Å². The van der Waals surface area contributed by atoms with Gasteiger partial charge in [-0.05, 0) is 43.2 Å². The highest BCUT2D eigenvalue weighted by Gasteiger charge is 2.21. The number of ketones is 1. The number of Topliss-reactive ketones (excluding diaryl/α,β-unsaturated/α-hetero) is 1. The molecule has 1 amide bonds. The van der Waals surface area contributed by atoms with Crippen molar-refractivity contribution in [3.05, 3.63) is 59.3 Å². The Balaban J connectivity index is 1.96. The molecule has 1 heterocycles. The summed E-state index contributed by atoms with van der Waals surface area (Å²) in [6.45, 7) is 3.29.